The molecule has 4 nitrogen and oxygen atoms in total. The van der Waals surface area contributed by atoms with Crippen LogP contribution in [0, 0.1) is 0 Å². The van der Waals surface area contributed by atoms with Gasteiger partial charge in [0.15, 0.2) is 0 Å². The molecule has 0 spiro atoms. The van der Waals surface area contributed by atoms with E-state index in [1.165, 1.54) is 17.7 Å². The molecular formula is C21H25ClO4. The van der Waals surface area contributed by atoms with Gasteiger partial charge < -0.3 is 9.47 Å². The quantitative estimate of drug-likeness (QED) is 0.284. The Labute approximate surface area is 160 Å². The summed E-state index contributed by atoms with van der Waals surface area (Å²) >= 11 is 5.07. The minimum absolute atomic E-state index is 0.116. The topological polar surface area (TPSA) is 52.6 Å². The molecule has 0 heterocycles. The molecule has 0 amide bonds. The van der Waals surface area contributed by atoms with E-state index in [-0.39, 0.29) is 13.2 Å². The molecule has 1 aromatic rings. The summed E-state index contributed by atoms with van der Waals surface area (Å²) in [6, 6.07) is 10.0. The molecule has 0 unspecified atom stereocenters. The van der Waals surface area contributed by atoms with Gasteiger partial charge in [0.1, 0.15) is 13.2 Å². The third-order valence-corrected chi connectivity index (χ3v) is 2.40. The highest BCUT2D eigenvalue weighted by Gasteiger charge is 1.98. The van der Waals surface area contributed by atoms with Crippen molar-refractivity contribution in [1.29, 1.82) is 0 Å². The lowest BCUT2D eigenvalue weighted by atomic mass is 10.2. The van der Waals surface area contributed by atoms with E-state index in [0.717, 1.165) is 12.2 Å². The first-order valence-electron chi connectivity index (χ1n) is 7.63. The van der Waals surface area contributed by atoms with Gasteiger partial charge in [-0.2, -0.15) is 0 Å². The monoisotopic (exact) mass is 376 g/mol. The predicted octanol–water partition coefficient (Wildman–Crippen LogP) is 4.74. The molecule has 0 fully saturated rings. The van der Waals surface area contributed by atoms with E-state index in [2.05, 4.69) is 35.8 Å². The van der Waals surface area contributed by atoms with Gasteiger partial charge in [0.05, 0.1) is 0 Å². The maximum atomic E-state index is 10.8. The van der Waals surface area contributed by atoms with Gasteiger partial charge in [0, 0.05) is 18.0 Å². The summed E-state index contributed by atoms with van der Waals surface area (Å²) < 4.78 is 9.15. The Hall–Kier alpha value is -2.85. The van der Waals surface area contributed by atoms with Gasteiger partial charge in [-0.25, -0.2) is 9.59 Å². The Morgan fingerprint density at radius 2 is 1.27 bits per heavy atom. The van der Waals surface area contributed by atoms with Crippen LogP contribution in [-0.2, 0) is 19.1 Å². The third kappa shape index (κ3) is 19.2. The Bertz CT molecular complexity index is 551. The van der Waals surface area contributed by atoms with Gasteiger partial charge in [0.2, 0.25) is 0 Å². The first-order valence-corrected chi connectivity index (χ1v) is 8.16. The van der Waals surface area contributed by atoms with Gasteiger partial charge in [-0.15, -0.1) is 18.2 Å². The van der Waals surface area contributed by atoms with Crippen LogP contribution in [0.1, 0.15) is 5.56 Å². The van der Waals surface area contributed by atoms with Crippen molar-refractivity contribution in [3.63, 3.8) is 0 Å². The fourth-order valence-corrected chi connectivity index (χ4v) is 1.10. The number of rotatable bonds is 8. The molecule has 0 atom stereocenters. The van der Waals surface area contributed by atoms with E-state index in [9.17, 15) is 9.59 Å². The number of benzene rings is 1. The molecule has 0 aliphatic heterocycles. The summed E-state index contributed by atoms with van der Waals surface area (Å²) in [6.45, 7) is 13.9. The zero-order chi connectivity index (χ0) is 20.0. The molecule has 140 valence electrons. The van der Waals surface area contributed by atoms with E-state index >= 15 is 0 Å². The van der Waals surface area contributed by atoms with Crippen LogP contribution in [0.15, 0.2) is 87.0 Å². The van der Waals surface area contributed by atoms with Crippen molar-refractivity contribution in [2.45, 2.75) is 0 Å². The summed E-state index contributed by atoms with van der Waals surface area (Å²) in [5, 5.41) is 0. The lowest BCUT2D eigenvalue weighted by Gasteiger charge is -1.96. The van der Waals surface area contributed by atoms with E-state index in [1.807, 2.05) is 36.4 Å². The van der Waals surface area contributed by atoms with E-state index in [4.69, 9.17) is 11.6 Å². The Balaban J connectivity index is 0. The van der Waals surface area contributed by atoms with Crippen LogP contribution in [-0.4, -0.2) is 31.0 Å². The Morgan fingerprint density at radius 1 is 0.846 bits per heavy atom. The van der Waals surface area contributed by atoms with Crippen LogP contribution in [0.3, 0.4) is 0 Å². The molecule has 0 aliphatic rings. The summed E-state index contributed by atoms with van der Waals surface area (Å²) in [5.74, 6) is -0.666. The SMILES string of the molecule is C=CCCl.C=CCOC(=O)C=CC(=O)OCC=C.C=Cc1ccccc1. The number of alkyl halides is 1. The standard InChI is InChI=1S/C10H12O4.C8H8.C3H5Cl/c1-3-7-13-9(11)5-6-10(12)14-8-4-2;1-2-8-6-4-3-5-7-8;1-2-3-4/h3-6H,1-2,7-8H2;2-7H,1H2;2H,1,3H2. The van der Waals surface area contributed by atoms with Crippen molar-refractivity contribution in [3.05, 3.63) is 92.6 Å². The number of esters is 2. The summed E-state index contributed by atoms with van der Waals surface area (Å²) in [7, 11) is 0. The van der Waals surface area contributed by atoms with Crippen LogP contribution in [0.4, 0.5) is 0 Å². The zero-order valence-electron chi connectivity index (χ0n) is 14.8. The number of hydrogen-bond donors (Lipinski definition) is 0. The van der Waals surface area contributed by atoms with Gasteiger partial charge in [0.25, 0.3) is 0 Å². The van der Waals surface area contributed by atoms with E-state index in [1.54, 1.807) is 6.08 Å². The van der Waals surface area contributed by atoms with Crippen LogP contribution >= 0.6 is 11.6 Å². The molecule has 0 aliphatic carbocycles. The lowest BCUT2D eigenvalue weighted by molar-refractivity contribution is -0.139. The van der Waals surface area contributed by atoms with Crippen molar-refractivity contribution in [1.82, 2.24) is 0 Å². The summed E-state index contributed by atoms with van der Waals surface area (Å²) in [4.78, 5) is 21.6. The fraction of sp³-hybridized carbons (Fsp3) is 0.143. The molecule has 5 heteroatoms. The normalized spacial score (nSPS) is 8.65. The molecule has 1 rings (SSSR count). The van der Waals surface area contributed by atoms with Crippen LogP contribution in [0.2, 0.25) is 0 Å². The molecule has 0 aromatic heterocycles. The van der Waals surface area contributed by atoms with Crippen molar-refractivity contribution in [3.8, 4) is 0 Å². The van der Waals surface area contributed by atoms with Crippen LogP contribution in [0.25, 0.3) is 6.08 Å². The first kappa shape index (κ1) is 25.4. The highest BCUT2D eigenvalue weighted by atomic mass is 35.5. The average Bonchev–Trinajstić information content (AvgIpc) is 2.70. The average molecular weight is 377 g/mol. The van der Waals surface area contributed by atoms with E-state index < -0.39 is 11.9 Å². The molecule has 0 radical (unpaired) electrons. The minimum Gasteiger partial charge on any atom is -0.458 e. The number of carbonyl (C=O) groups excluding carboxylic acids is 2. The number of allylic oxidation sites excluding steroid dienone is 1. The maximum Gasteiger partial charge on any atom is 0.331 e. The van der Waals surface area contributed by atoms with Crippen molar-refractivity contribution >= 4 is 29.6 Å². The largest absolute Gasteiger partial charge is 0.458 e. The van der Waals surface area contributed by atoms with Crippen molar-refractivity contribution in [2.24, 2.45) is 0 Å². The maximum absolute atomic E-state index is 10.8. The molecular weight excluding hydrogens is 352 g/mol. The second-order valence-electron chi connectivity index (χ2n) is 4.23. The fourth-order valence-electron chi connectivity index (χ4n) is 1.10. The van der Waals surface area contributed by atoms with E-state index in [0.29, 0.717) is 5.88 Å². The second-order valence-corrected chi connectivity index (χ2v) is 4.54. The van der Waals surface area contributed by atoms with Crippen molar-refractivity contribution in [2.75, 3.05) is 19.1 Å². The van der Waals surface area contributed by atoms with Crippen LogP contribution < -0.4 is 0 Å². The molecule has 0 saturated carbocycles. The molecule has 0 bridgehead atoms. The van der Waals surface area contributed by atoms with Crippen LogP contribution in [0.5, 0.6) is 0 Å². The lowest BCUT2D eigenvalue weighted by Crippen LogP contribution is -2.04. The van der Waals surface area contributed by atoms with Gasteiger partial charge in [-0.05, 0) is 5.56 Å². The zero-order valence-corrected chi connectivity index (χ0v) is 15.6. The highest BCUT2D eigenvalue weighted by molar-refractivity contribution is 6.18. The second kappa shape index (κ2) is 20.2. The molecule has 26 heavy (non-hydrogen) atoms. The third-order valence-electron chi connectivity index (χ3n) is 2.19. The highest BCUT2D eigenvalue weighted by Crippen LogP contribution is 1.97. The van der Waals surface area contributed by atoms with Gasteiger partial charge in [-0.3, -0.25) is 0 Å². The predicted molar refractivity (Wildman–Crippen MR) is 109 cm³/mol. The molecule has 0 saturated heterocycles. The van der Waals surface area contributed by atoms with Gasteiger partial charge >= 0.3 is 11.9 Å². The summed E-state index contributed by atoms with van der Waals surface area (Å²) in [5.41, 5.74) is 1.17. The summed E-state index contributed by atoms with van der Waals surface area (Å²) in [6.07, 6.45) is 8.33. The first-order chi connectivity index (χ1) is 12.5. The minimum atomic E-state index is -0.611. The number of hydrogen-bond acceptors (Lipinski definition) is 4. The Kier molecular flexibility index (Phi) is 19.7. The number of ether oxygens (including phenoxy) is 2. The smallest absolute Gasteiger partial charge is 0.331 e. The van der Waals surface area contributed by atoms with Gasteiger partial charge in [-0.1, -0.05) is 74.4 Å². The molecule has 1 aromatic carbocycles. The Morgan fingerprint density at radius 3 is 1.54 bits per heavy atom. The number of carbonyl (C=O) groups is 2. The molecule has 0 N–H and O–H groups in total. The van der Waals surface area contributed by atoms with Crippen molar-refractivity contribution < 1.29 is 19.1 Å². The number of halogens is 1.